The highest BCUT2D eigenvalue weighted by atomic mass is 32.1. The Labute approximate surface area is 122 Å². The van der Waals surface area contributed by atoms with E-state index >= 15 is 0 Å². The third kappa shape index (κ3) is 3.45. The monoisotopic (exact) mass is 298 g/mol. The van der Waals surface area contributed by atoms with Gasteiger partial charge in [-0.25, -0.2) is 4.79 Å². The second kappa shape index (κ2) is 6.34. The van der Waals surface area contributed by atoms with Crippen molar-refractivity contribution in [3.05, 3.63) is 27.7 Å². The lowest BCUT2D eigenvalue weighted by molar-refractivity contribution is 0.0797. The van der Waals surface area contributed by atoms with Crippen LogP contribution in [-0.2, 0) is 4.74 Å². The van der Waals surface area contributed by atoms with E-state index in [0.717, 1.165) is 22.5 Å². The first-order chi connectivity index (χ1) is 9.11. The van der Waals surface area contributed by atoms with Gasteiger partial charge in [0.1, 0.15) is 6.61 Å². The van der Waals surface area contributed by atoms with Crippen LogP contribution in [0.2, 0.25) is 0 Å². The molecule has 1 aromatic rings. The molecule has 4 nitrogen and oxygen atoms in total. The molecule has 1 aromatic heterocycles. The highest BCUT2D eigenvalue weighted by Crippen LogP contribution is 2.30. The highest BCUT2D eigenvalue weighted by molar-refractivity contribution is 7.73. The van der Waals surface area contributed by atoms with Gasteiger partial charge in [0.25, 0.3) is 0 Å². The highest BCUT2D eigenvalue weighted by Gasteiger charge is 2.31. The molecule has 1 fully saturated rings. The number of carbonyl (C=O) groups is 1. The van der Waals surface area contributed by atoms with E-state index in [-0.39, 0.29) is 18.7 Å². The van der Waals surface area contributed by atoms with E-state index in [0.29, 0.717) is 12.5 Å². The molecule has 104 valence electrons. The average molecular weight is 298 g/mol. The van der Waals surface area contributed by atoms with Crippen LogP contribution in [-0.4, -0.2) is 35.2 Å². The Morgan fingerprint density at radius 1 is 1.74 bits per heavy atom. The number of piperidine rings is 1. The number of aromatic nitrogens is 1. The zero-order valence-electron chi connectivity index (χ0n) is 10.9. The summed E-state index contributed by atoms with van der Waals surface area (Å²) >= 11 is 6.64. The number of hydrogen-bond donors (Lipinski definition) is 1. The Morgan fingerprint density at radius 3 is 3.16 bits per heavy atom. The smallest absolute Gasteiger partial charge is 0.410 e. The molecule has 0 aromatic carbocycles. The van der Waals surface area contributed by atoms with Crippen molar-refractivity contribution in [2.75, 3.05) is 13.2 Å². The van der Waals surface area contributed by atoms with Gasteiger partial charge in [0, 0.05) is 29.6 Å². The molecule has 0 aliphatic carbocycles. The van der Waals surface area contributed by atoms with Gasteiger partial charge in [-0.15, -0.1) is 11.3 Å². The Bertz CT molecular complexity index is 509. The van der Waals surface area contributed by atoms with Crippen molar-refractivity contribution in [3.8, 4) is 0 Å². The van der Waals surface area contributed by atoms with Gasteiger partial charge >= 0.3 is 6.09 Å². The molecule has 2 heterocycles. The molecule has 6 heteroatoms. The largest absolute Gasteiger partial charge is 0.445 e. The SMILES string of the molecule is C=CCOC(=O)N1CC(c2csc(=S)[nH]2)CCC1C. The summed E-state index contributed by atoms with van der Waals surface area (Å²) in [6.45, 7) is 6.55. The van der Waals surface area contributed by atoms with Gasteiger partial charge in [0.2, 0.25) is 0 Å². The van der Waals surface area contributed by atoms with E-state index in [1.807, 2.05) is 0 Å². The zero-order chi connectivity index (χ0) is 13.8. The molecule has 1 amide bonds. The summed E-state index contributed by atoms with van der Waals surface area (Å²) in [7, 11) is 0. The minimum absolute atomic E-state index is 0.218. The summed E-state index contributed by atoms with van der Waals surface area (Å²) in [5, 5.41) is 2.05. The zero-order valence-corrected chi connectivity index (χ0v) is 12.6. The lowest BCUT2D eigenvalue weighted by Gasteiger charge is -2.36. The maximum absolute atomic E-state index is 12.0. The third-order valence-corrected chi connectivity index (χ3v) is 4.50. The van der Waals surface area contributed by atoms with Gasteiger partial charge in [-0.3, -0.25) is 0 Å². The molecule has 0 radical (unpaired) electrons. The quantitative estimate of drug-likeness (QED) is 0.683. The number of likely N-dealkylation sites (tertiary alicyclic amines) is 1. The fourth-order valence-electron chi connectivity index (χ4n) is 2.32. The van der Waals surface area contributed by atoms with Crippen LogP contribution in [0.1, 0.15) is 31.4 Å². The summed E-state index contributed by atoms with van der Waals surface area (Å²) in [5.74, 6) is 0.320. The number of rotatable bonds is 3. The average Bonchev–Trinajstić information content (AvgIpc) is 2.83. The molecule has 0 saturated carbocycles. The van der Waals surface area contributed by atoms with Gasteiger partial charge in [0.15, 0.2) is 3.95 Å². The maximum atomic E-state index is 12.0. The van der Waals surface area contributed by atoms with E-state index in [1.54, 1.807) is 11.0 Å². The molecule has 2 atom stereocenters. The Hall–Kier alpha value is -1.14. The summed E-state index contributed by atoms with van der Waals surface area (Å²) in [4.78, 5) is 17.0. The molecule has 2 rings (SSSR count). The number of thiazole rings is 1. The van der Waals surface area contributed by atoms with Crippen LogP contribution in [0.5, 0.6) is 0 Å². The van der Waals surface area contributed by atoms with Crippen molar-refractivity contribution < 1.29 is 9.53 Å². The van der Waals surface area contributed by atoms with Crippen LogP contribution in [0.25, 0.3) is 0 Å². The minimum Gasteiger partial charge on any atom is -0.445 e. The van der Waals surface area contributed by atoms with E-state index in [2.05, 4.69) is 23.9 Å². The second-order valence-electron chi connectivity index (χ2n) is 4.74. The number of carbonyl (C=O) groups excluding carboxylic acids is 1. The van der Waals surface area contributed by atoms with E-state index in [4.69, 9.17) is 17.0 Å². The van der Waals surface area contributed by atoms with Gasteiger partial charge in [-0.2, -0.15) is 0 Å². The predicted octanol–water partition coefficient (Wildman–Crippen LogP) is 3.70. The molecule has 19 heavy (non-hydrogen) atoms. The van der Waals surface area contributed by atoms with Gasteiger partial charge in [-0.1, -0.05) is 12.7 Å². The molecule has 1 saturated heterocycles. The molecular weight excluding hydrogens is 280 g/mol. The number of aromatic amines is 1. The second-order valence-corrected chi connectivity index (χ2v) is 6.29. The molecule has 1 N–H and O–H groups in total. The van der Waals surface area contributed by atoms with E-state index in [1.165, 1.54) is 11.3 Å². The molecular formula is C13H18N2O2S2. The van der Waals surface area contributed by atoms with Crippen molar-refractivity contribution in [3.63, 3.8) is 0 Å². The van der Waals surface area contributed by atoms with Crippen LogP contribution in [0.15, 0.2) is 18.0 Å². The van der Waals surface area contributed by atoms with Crippen molar-refractivity contribution in [1.82, 2.24) is 9.88 Å². The van der Waals surface area contributed by atoms with Crippen molar-refractivity contribution in [2.24, 2.45) is 0 Å². The fraction of sp³-hybridized carbons (Fsp3) is 0.538. The number of nitrogens with zero attached hydrogens (tertiary/aromatic N) is 1. The van der Waals surface area contributed by atoms with Gasteiger partial charge in [0.05, 0.1) is 0 Å². The predicted molar refractivity (Wildman–Crippen MR) is 79.2 cm³/mol. The normalized spacial score (nSPS) is 23.1. The standard InChI is InChI=1S/C13H18N2O2S2/c1-3-6-17-13(16)15-7-10(5-4-9(15)2)11-8-19-12(18)14-11/h3,8-10H,1,4-7H2,2H3,(H,14,18). The summed E-state index contributed by atoms with van der Waals surface area (Å²) in [5.41, 5.74) is 1.13. The maximum Gasteiger partial charge on any atom is 0.410 e. The molecule has 2 unspecified atom stereocenters. The van der Waals surface area contributed by atoms with E-state index in [9.17, 15) is 4.79 Å². The van der Waals surface area contributed by atoms with Crippen LogP contribution in [0.4, 0.5) is 4.79 Å². The van der Waals surface area contributed by atoms with Crippen LogP contribution in [0, 0.1) is 3.95 Å². The Kier molecular flexibility index (Phi) is 4.76. The first-order valence-corrected chi connectivity index (χ1v) is 7.62. The number of amides is 1. The Morgan fingerprint density at radius 2 is 2.53 bits per heavy atom. The molecule has 1 aliphatic heterocycles. The summed E-state index contributed by atoms with van der Waals surface area (Å²) < 4.78 is 5.92. The first-order valence-electron chi connectivity index (χ1n) is 6.33. The van der Waals surface area contributed by atoms with Crippen molar-refractivity contribution >= 4 is 29.6 Å². The topological polar surface area (TPSA) is 45.3 Å². The number of hydrogen-bond acceptors (Lipinski definition) is 4. The van der Waals surface area contributed by atoms with E-state index < -0.39 is 0 Å². The number of ether oxygens (including phenoxy) is 1. The molecule has 0 bridgehead atoms. The first kappa shape index (κ1) is 14.3. The molecule has 1 aliphatic rings. The lowest BCUT2D eigenvalue weighted by Crippen LogP contribution is -2.45. The van der Waals surface area contributed by atoms with Crippen LogP contribution < -0.4 is 0 Å². The van der Waals surface area contributed by atoms with Crippen LogP contribution in [0.3, 0.4) is 0 Å². The fourth-order valence-corrected chi connectivity index (χ4v) is 3.24. The van der Waals surface area contributed by atoms with Crippen LogP contribution >= 0.6 is 23.6 Å². The van der Waals surface area contributed by atoms with Crippen molar-refractivity contribution in [2.45, 2.75) is 31.7 Å². The lowest BCUT2D eigenvalue weighted by atomic mass is 9.92. The summed E-state index contributed by atoms with van der Waals surface area (Å²) in [6, 6.07) is 0.218. The minimum atomic E-state index is -0.258. The third-order valence-electron chi connectivity index (χ3n) is 3.42. The number of H-pyrrole nitrogens is 1. The summed E-state index contributed by atoms with van der Waals surface area (Å²) in [6.07, 6.45) is 3.37. The van der Waals surface area contributed by atoms with Gasteiger partial charge in [-0.05, 0) is 32.0 Å². The molecule has 0 spiro atoms. The van der Waals surface area contributed by atoms with Gasteiger partial charge < -0.3 is 14.6 Å². The number of nitrogens with one attached hydrogen (secondary N) is 1. The van der Waals surface area contributed by atoms with Crippen molar-refractivity contribution in [1.29, 1.82) is 0 Å². The Balaban J connectivity index is 2.05.